The number of benzene rings is 1. The molecule has 46 heavy (non-hydrogen) atoms. The smallest absolute Gasteiger partial charge is 0.261 e. The second kappa shape index (κ2) is 16.2. The molecule has 4 atom stereocenters. The van der Waals surface area contributed by atoms with Gasteiger partial charge in [0.1, 0.15) is 5.75 Å². The molecule has 256 valence electrons. The lowest BCUT2D eigenvalue weighted by molar-refractivity contribution is -0.120. The van der Waals surface area contributed by atoms with Gasteiger partial charge in [-0.25, -0.2) is 13.4 Å². The zero-order chi connectivity index (χ0) is 33.4. The maximum atomic E-state index is 14.3. The number of likely N-dealkylation sites (N-methyl/N-ethyl adjacent to an activating group) is 1. The Kier molecular flexibility index (Phi) is 12.6. The molecule has 1 saturated carbocycles. The Bertz CT molecular complexity index is 1430. The van der Waals surface area contributed by atoms with Crippen LogP contribution in [-0.4, -0.2) is 95.7 Å². The molecule has 13 heteroatoms. The van der Waals surface area contributed by atoms with Gasteiger partial charge in [-0.05, 0) is 64.2 Å². The summed E-state index contributed by atoms with van der Waals surface area (Å²) in [6, 6.07) is 4.62. The van der Waals surface area contributed by atoms with Gasteiger partial charge < -0.3 is 29.4 Å². The summed E-state index contributed by atoms with van der Waals surface area (Å²) < 4.78 is 42.0. The minimum atomic E-state index is -3.87. The second-order valence-corrected chi connectivity index (χ2v) is 15.0. The van der Waals surface area contributed by atoms with Crippen molar-refractivity contribution in [2.45, 2.75) is 95.4 Å². The minimum absolute atomic E-state index is 0.0405. The normalized spacial score (nSPS) is 23.3. The van der Waals surface area contributed by atoms with E-state index in [1.165, 1.54) is 23.9 Å². The Morgan fingerprint density at radius 1 is 1.15 bits per heavy atom. The van der Waals surface area contributed by atoms with Crippen molar-refractivity contribution in [1.82, 2.24) is 18.8 Å². The molecule has 0 radical (unpaired) electrons. The van der Waals surface area contributed by atoms with Gasteiger partial charge in [-0.2, -0.15) is 4.31 Å². The lowest BCUT2D eigenvalue weighted by Gasteiger charge is -2.35. The van der Waals surface area contributed by atoms with Crippen LogP contribution in [-0.2, 0) is 26.6 Å². The summed E-state index contributed by atoms with van der Waals surface area (Å²) in [6.07, 6.45) is 9.40. The van der Waals surface area contributed by atoms with E-state index in [-0.39, 0.29) is 54.5 Å². The van der Waals surface area contributed by atoms with E-state index in [1.54, 1.807) is 41.6 Å². The third-order valence-electron chi connectivity index (χ3n) is 9.09. The van der Waals surface area contributed by atoms with Crippen LogP contribution in [0.25, 0.3) is 0 Å². The van der Waals surface area contributed by atoms with Crippen molar-refractivity contribution in [3.8, 4) is 5.75 Å². The molecule has 4 rings (SSSR count). The number of hydrogen-bond acceptors (Lipinski definition) is 8. The molecule has 2 aliphatic rings. The first-order valence-electron chi connectivity index (χ1n) is 16.5. The third-order valence-corrected chi connectivity index (χ3v) is 10.8. The number of carbonyl (C=O) groups excluding carboxylic acids is 2. The highest BCUT2D eigenvalue weighted by Gasteiger charge is 2.33. The minimum Gasteiger partial charge on any atom is -0.490 e. The summed E-state index contributed by atoms with van der Waals surface area (Å²) in [6.45, 7) is 6.03. The Balaban J connectivity index is 1.63. The van der Waals surface area contributed by atoms with Crippen molar-refractivity contribution < 1.29 is 32.6 Å². The number of amides is 2. The van der Waals surface area contributed by atoms with Crippen molar-refractivity contribution in [3.05, 3.63) is 36.3 Å². The predicted octanol–water partition coefficient (Wildman–Crippen LogP) is 4.06. The number of sulfonamides is 1. The highest BCUT2D eigenvalue weighted by atomic mass is 32.2. The molecular weight excluding hydrogens is 610 g/mol. The summed E-state index contributed by atoms with van der Waals surface area (Å²) in [4.78, 5) is 33.0. The first-order chi connectivity index (χ1) is 21.9. The molecule has 0 saturated heterocycles. The van der Waals surface area contributed by atoms with E-state index in [1.807, 2.05) is 13.8 Å². The van der Waals surface area contributed by atoms with Gasteiger partial charge in [0.2, 0.25) is 5.91 Å². The number of hydrogen-bond donors (Lipinski definition) is 2. The molecule has 0 bridgehead atoms. The maximum absolute atomic E-state index is 14.3. The number of carbonyl (C=O) groups is 2. The average molecular weight is 662 g/mol. The molecule has 2 amide bonds. The number of fused-ring (bicyclic) bond motifs is 1. The Hall–Kier alpha value is -3.00. The SMILES string of the molecule is C[C@@H]1CCCCO[C@@H](CN(C)S(=O)(=O)c2cn(C)cn2)[C@@H](C)CN([C@H](C)CO)C(=O)c2cc(NC(=O)C3CCCCC3)ccc2O1. The van der Waals surface area contributed by atoms with Gasteiger partial charge >= 0.3 is 0 Å². The van der Waals surface area contributed by atoms with E-state index in [0.717, 1.165) is 51.4 Å². The summed E-state index contributed by atoms with van der Waals surface area (Å²) in [5.41, 5.74) is 0.817. The number of nitrogens with zero attached hydrogens (tertiary/aromatic N) is 4. The average Bonchev–Trinajstić information content (AvgIpc) is 3.49. The highest BCUT2D eigenvalue weighted by Crippen LogP contribution is 2.30. The number of nitrogens with one attached hydrogen (secondary N) is 1. The zero-order valence-electron chi connectivity index (χ0n) is 27.9. The van der Waals surface area contributed by atoms with Gasteiger partial charge in [-0.1, -0.05) is 26.2 Å². The second-order valence-electron chi connectivity index (χ2n) is 13.0. The van der Waals surface area contributed by atoms with Gasteiger partial charge in [0.25, 0.3) is 15.9 Å². The van der Waals surface area contributed by atoms with Crippen LogP contribution < -0.4 is 10.1 Å². The van der Waals surface area contributed by atoms with Crippen LogP contribution in [0.15, 0.2) is 35.7 Å². The summed E-state index contributed by atoms with van der Waals surface area (Å²) in [5, 5.41) is 13.2. The Morgan fingerprint density at radius 3 is 2.54 bits per heavy atom. The molecular formula is C33H51N5O7S. The highest BCUT2D eigenvalue weighted by molar-refractivity contribution is 7.89. The van der Waals surface area contributed by atoms with Gasteiger partial charge in [-0.3, -0.25) is 9.59 Å². The summed E-state index contributed by atoms with van der Waals surface area (Å²) in [7, 11) is -0.656. The van der Waals surface area contributed by atoms with E-state index in [9.17, 15) is 23.1 Å². The van der Waals surface area contributed by atoms with Crippen molar-refractivity contribution in [1.29, 1.82) is 0 Å². The lowest BCUT2D eigenvalue weighted by Crippen LogP contribution is -2.48. The largest absolute Gasteiger partial charge is 0.490 e. The number of aliphatic hydroxyl groups is 1. The number of rotatable bonds is 8. The molecule has 0 unspecified atom stereocenters. The molecule has 2 aromatic rings. The number of aryl methyl sites for hydroxylation is 1. The molecule has 1 fully saturated rings. The van der Waals surface area contributed by atoms with Gasteiger partial charge in [-0.15, -0.1) is 0 Å². The molecule has 0 spiro atoms. The number of aliphatic hydroxyl groups excluding tert-OH is 1. The molecule has 12 nitrogen and oxygen atoms in total. The Labute approximate surface area is 273 Å². The van der Waals surface area contributed by atoms with E-state index < -0.39 is 22.2 Å². The van der Waals surface area contributed by atoms with Crippen molar-refractivity contribution in [3.63, 3.8) is 0 Å². The first-order valence-corrected chi connectivity index (χ1v) is 17.9. The van der Waals surface area contributed by atoms with Crippen molar-refractivity contribution in [2.24, 2.45) is 18.9 Å². The standard InChI is InChI=1S/C33H51N5O7S/c1-23-18-38(24(2)21-39)33(41)28-17-27(35-32(40)26-12-7-6-8-13-26)14-15-29(28)45-25(3)11-9-10-16-44-30(23)19-37(5)46(42,43)31-20-36(4)22-34-31/h14-15,17,20,22-26,30,39H,6-13,16,18-19,21H2,1-5H3,(H,35,40)/t23-,24+,25+,30-/m0/s1. The Morgan fingerprint density at radius 2 is 1.87 bits per heavy atom. The molecule has 1 aromatic carbocycles. The predicted molar refractivity (Wildman–Crippen MR) is 175 cm³/mol. The third kappa shape index (κ3) is 9.08. The van der Waals surface area contributed by atoms with Crippen LogP contribution in [0, 0.1) is 11.8 Å². The molecule has 1 aliphatic heterocycles. The molecule has 1 aromatic heterocycles. The maximum Gasteiger partial charge on any atom is 0.261 e. The van der Waals surface area contributed by atoms with E-state index in [0.29, 0.717) is 23.6 Å². The van der Waals surface area contributed by atoms with Gasteiger partial charge in [0.05, 0.1) is 36.7 Å². The number of ether oxygens (including phenoxy) is 2. The van der Waals surface area contributed by atoms with Crippen molar-refractivity contribution >= 4 is 27.5 Å². The fourth-order valence-corrected chi connectivity index (χ4v) is 7.25. The first kappa shape index (κ1) is 35.8. The molecule has 2 N–H and O–H groups in total. The van der Waals surface area contributed by atoms with E-state index in [4.69, 9.17) is 9.47 Å². The summed E-state index contributed by atoms with van der Waals surface area (Å²) in [5.74, 6) is -0.324. The van der Waals surface area contributed by atoms with Gasteiger partial charge in [0, 0.05) is 57.5 Å². The number of aromatic nitrogens is 2. The van der Waals surface area contributed by atoms with E-state index in [2.05, 4.69) is 10.3 Å². The van der Waals surface area contributed by atoms with Crippen molar-refractivity contribution in [2.75, 3.05) is 38.7 Å². The van der Waals surface area contributed by atoms with E-state index >= 15 is 0 Å². The fourth-order valence-electron chi connectivity index (χ4n) is 6.11. The van der Waals surface area contributed by atoms with Crippen LogP contribution in [0.1, 0.15) is 82.5 Å². The quantitative estimate of drug-likeness (QED) is 0.432. The lowest BCUT2D eigenvalue weighted by atomic mass is 9.88. The topological polar surface area (TPSA) is 143 Å². The van der Waals surface area contributed by atoms with Gasteiger partial charge in [0.15, 0.2) is 5.03 Å². The fraction of sp³-hybridized carbons (Fsp3) is 0.667. The number of anilines is 1. The number of imidazole rings is 1. The van der Waals surface area contributed by atoms with Crippen LogP contribution in [0.4, 0.5) is 5.69 Å². The zero-order valence-corrected chi connectivity index (χ0v) is 28.7. The molecule has 1 aliphatic carbocycles. The molecule has 2 heterocycles. The summed E-state index contributed by atoms with van der Waals surface area (Å²) >= 11 is 0. The monoisotopic (exact) mass is 661 g/mol. The van der Waals surface area contributed by atoms with Crippen LogP contribution in [0.2, 0.25) is 0 Å². The van der Waals surface area contributed by atoms with Crippen LogP contribution >= 0.6 is 0 Å². The van der Waals surface area contributed by atoms with Crippen LogP contribution in [0.3, 0.4) is 0 Å². The van der Waals surface area contributed by atoms with Crippen LogP contribution in [0.5, 0.6) is 5.75 Å².